The Kier molecular flexibility index (Phi) is 7.94. The molecule has 3 aromatic carbocycles. The van der Waals surface area contributed by atoms with Crippen LogP contribution in [-0.2, 0) is 13.2 Å². The Bertz CT molecular complexity index is 1090. The third kappa shape index (κ3) is 5.43. The minimum Gasteiger partial charge on any atom is -0.489 e. The van der Waals surface area contributed by atoms with Crippen LogP contribution in [-0.4, -0.2) is 18.1 Å². The average molecular weight is 460 g/mol. The molecule has 0 aliphatic heterocycles. The van der Waals surface area contributed by atoms with Gasteiger partial charge in [-0.25, -0.2) is 4.98 Å². The van der Waals surface area contributed by atoms with Crippen LogP contribution in [0, 0.1) is 0 Å². The number of anilines is 1. The first-order chi connectivity index (χ1) is 14.2. The Morgan fingerprint density at radius 1 is 1.00 bits per heavy atom. The van der Waals surface area contributed by atoms with Crippen molar-refractivity contribution in [3.05, 3.63) is 88.9 Å². The van der Waals surface area contributed by atoms with Crippen molar-refractivity contribution in [3.63, 3.8) is 0 Å². The van der Waals surface area contributed by atoms with E-state index in [1.165, 1.54) is 0 Å². The number of para-hydroxylation sites is 1. The van der Waals surface area contributed by atoms with Crippen LogP contribution in [0.2, 0.25) is 5.02 Å². The molecule has 30 heavy (non-hydrogen) atoms. The lowest BCUT2D eigenvalue weighted by Crippen LogP contribution is -2.29. The number of aromatic nitrogens is 1. The topological polar surface area (TPSA) is 51.4 Å². The van der Waals surface area contributed by atoms with E-state index < -0.39 is 0 Å². The maximum atomic E-state index is 6.13. The standard InChI is InChI=1S/C23H22ClN3OS.ClH/c24-19-10-11-20-22(14-19)29-23(26-20)27(13-12-25)15-18-8-4-5-9-21(18)28-16-17-6-2-1-3-7-17;/h1-11,14H,12-13,15-16,25H2;1H. The number of hydrogen-bond donors (Lipinski definition) is 1. The van der Waals surface area contributed by atoms with E-state index in [-0.39, 0.29) is 12.4 Å². The van der Waals surface area contributed by atoms with Crippen LogP contribution in [0.3, 0.4) is 0 Å². The van der Waals surface area contributed by atoms with Gasteiger partial charge >= 0.3 is 0 Å². The highest BCUT2D eigenvalue weighted by Crippen LogP contribution is 2.32. The lowest BCUT2D eigenvalue weighted by atomic mass is 10.2. The summed E-state index contributed by atoms with van der Waals surface area (Å²) < 4.78 is 7.19. The Morgan fingerprint density at radius 2 is 1.77 bits per heavy atom. The molecule has 0 bridgehead atoms. The van der Waals surface area contributed by atoms with Gasteiger partial charge in [0.2, 0.25) is 0 Å². The van der Waals surface area contributed by atoms with Gasteiger partial charge in [0.1, 0.15) is 12.4 Å². The summed E-state index contributed by atoms with van der Waals surface area (Å²) in [6, 6.07) is 24.1. The molecule has 0 fully saturated rings. The molecule has 0 aliphatic carbocycles. The highest BCUT2D eigenvalue weighted by Gasteiger charge is 2.15. The molecule has 0 spiro atoms. The van der Waals surface area contributed by atoms with Crippen LogP contribution in [0.25, 0.3) is 10.2 Å². The monoisotopic (exact) mass is 459 g/mol. The molecule has 0 saturated carbocycles. The van der Waals surface area contributed by atoms with E-state index in [9.17, 15) is 0 Å². The van der Waals surface area contributed by atoms with Crippen molar-refractivity contribution in [2.75, 3.05) is 18.0 Å². The second-order valence-electron chi connectivity index (χ2n) is 6.70. The number of hydrogen-bond acceptors (Lipinski definition) is 5. The summed E-state index contributed by atoms with van der Waals surface area (Å²) in [5.74, 6) is 0.877. The zero-order valence-electron chi connectivity index (χ0n) is 16.3. The SMILES string of the molecule is Cl.NCCN(Cc1ccccc1OCc1ccccc1)c1nc2ccc(Cl)cc2s1. The second kappa shape index (κ2) is 10.6. The summed E-state index contributed by atoms with van der Waals surface area (Å²) in [4.78, 5) is 6.98. The molecule has 0 unspecified atom stereocenters. The highest BCUT2D eigenvalue weighted by molar-refractivity contribution is 7.22. The van der Waals surface area contributed by atoms with Crippen LogP contribution < -0.4 is 15.4 Å². The first kappa shape index (κ1) is 22.4. The predicted octanol–water partition coefficient (Wildman–Crippen LogP) is 5.92. The number of fused-ring (bicyclic) bond motifs is 1. The van der Waals surface area contributed by atoms with Gasteiger partial charge in [0.25, 0.3) is 0 Å². The third-order valence-corrected chi connectivity index (χ3v) is 5.89. The molecular formula is C23H23Cl2N3OS. The summed E-state index contributed by atoms with van der Waals surface area (Å²) in [5.41, 5.74) is 9.09. The number of thiazole rings is 1. The fraction of sp³-hybridized carbons (Fsp3) is 0.174. The summed E-state index contributed by atoms with van der Waals surface area (Å²) in [6.07, 6.45) is 0. The van der Waals surface area contributed by atoms with Gasteiger partial charge in [0, 0.05) is 30.2 Å². The lowest BCUT2D eigenvalue weighted by Gasteiger charge is -2.22. The van der Waals surface area contributed by atoms with Crippen molar-refractivity contribution in [3.8, 4) is 5.75 Å². The molecule has 2 N–H and O–H groups in total. The molecule has 4 rings (SSSR count). The minimum atomic E-state index is 0. The van der Waals surface area contributed by atoms with E-state index in [1.807, 2.05) is 54.6 Å². The summed E-state index contributed by atoms with van der Waals surface area (Å²) >= 11 is 7.76. The van der Waals surface area contributed by atoms with Gasteiger partial charge in [-0.2, -0.15) is 0 Å². The first-order valence-corrected chi connectivity index (χ1v) is 10.7. The molecule has 0 amide bonds. The van der Waals surface area contributed by atoms with E-state index in [0.29, 0.717) is 26.2 Å². The van der Waals surface area contributed by atoms with Crippen molar-refractivity contribution >= 4 is 50.7 Å². The van der Waals surface area contributed by atoms with E-state index >= 15 is 0 Å². The smallest absolute Gasteiger partial charge is 0.186 e. The van der Waals surface area contributed by atoms with E-state index in [1.54, 1.807) is 11.3 Å². The van der Waals surface area contributed by atoms with E-state index in [2.05, 4.69) is 23.1 Å². The van der Waals surface area contributed by atoms with E-state index in [4.69, 9.17) is 27.1 Å². The molecule has 0 saturated heterocycles. The van der Waals surface area contributed by atoms with Crippen LogP contribution in [0.15, 0.2) is 72.8 Å². The number of halogens is 2. The largest absolute Gasteiger partial charge is 0.489 e. The number of rotatable bonds is 8. The van der Waals surface area contributed by atoms with Crippen molar-refractivity contribution in [2.45, 2.75) is 13.2 Å². The normalized spacial score (nSPS) is 10.6. The van der Waals surface area contributed by atoms with Crippen LogP contribution in [0.4, 0.5) is 5.13 Å². The number of nitrogens with zero attached hydrogens (tertiary/aromatic N) is 2. The fourth-order valence-electron chi connectivity index (χ4n) is 3.14. The zero-order chi connectivity index (χ0) is 20.1. The summed E-state index contributed by atoms with van der Waals surface area (Å²) in [7, 11) is 0. The van der Waals surface area contributed by atoms with E-state index in [0.717, 1.165) is 37.2 Å². The fourth-order valence-corrected chi connectivity index (χ4v) is 4.40. The molecule has 156 valence electrons. The van der Waals surface area contributed by atoms with Gasteiger partial charge < -0.3 is 15.4 Å². The third-order valence-electron chi connectivity index (χ3n) is 4.58. The van der Waals surface area contributed by atoms with Crippen LogP contribution in [0.1, 0.15) is 11.1 Å². The van der Waals surface area contributed by atoms with Crippen LogP contribution >= 0.6 is 35.3 Å². The first-order valence-electron chi connectivity index (χ1n) is 9.48. The van der Waals surface area contributed by atoms with Crippen molar-refractivity contribution in [1.29, 1.82) is 0 Å². The maximum Gasteiger partial charge on any atom is 0.186 e. The van der Waals surface area contributed by atoms with Gasteiger partial charge in [-0.15, -0.1) is 12.4 Å². The van der Waals surface area contributed by atoms with Gasteiger partial charge in [-0.3, -0.25) is 0 Å². The van der Waals surface area contributed by atoms with Gasteiger partial charge in [-0.1, -0.05) is 71.5 Å². The molecule has 0 aliphatic rings. The molecule has 7 heteroatoms. The molecule has 0 atom stereocenters. The van der Waals surface area contributed by atoms with Crippen molar-refractivity contribution in [2.24, 2.45) is 5.73 Å². The quantitative estimate of drug-likeness (QED) is 0.355. The minimum absolute atomic E-state index is 0. The number of nitrogens with two attached hydrogens (primary N) is 1. The number of benzene rings is 3. The second-order valence-corrected chi connectivity index (χ2v) is 8.15. The van der Waals surface area contributed by atoms with Crippen molar-refractivity contribution in [1.82, 2.24) is 4.98 Å². The average Bonchev–Trinajstić information content (AvgIpc) is 3.16. The Morgan fingerprint density at radius 3 is 2.57 bits per heavy atom. The maximum absolute atomic E-state index is 6.13. The number of ether oxygens (including phenoxy) is 1. The molecule has 1 aromatic heterocycles. The van der Waals surface area contributed by atoms with Gasteiger partial charge in [0.05, 0.1) is 10.2 Å². The highest BCUT2D eigenvalue weighted by atomic mass is 35.5. The molecular weight excluding hydrogens is 437 g/mol. The summed E-state index contributed by atoms with van der Waals surface area (Å²) in [6.45, 7) is 2.47. The Labute approximate surface area is 191 Å². The molecule has 0 radical (unpaired) electrons. The Hall–Kier alpha value is -2.31. The van der Waals surface area contributed by atoms with Crippen molar-refractivity contribution < 1.29 is 4.74 Å². The zero-order valence-corrected chi connectivity index (χ0v) is 18.7. The predicted molar refractivity (Wildman–Crippen MR) is 129 cm³/mol. The molecule has 1 heterocycles. The van der Waals surface area contributed by atoms with Gasteiger partial charge in [0.15, 0.2) is 5.13 Å². The van der Waals surface area contributed by atoms with Gasteiger partial charge in [-0.05, 0) is 29.8 Å². The van der Waals surface area contributed by atoms with Crippen LogP contribution in [0.5, 0.6) is 5.75 Å². The molecule has 4 nitrogen and oxygen atoms in total. The lowest BCUT2D eigenvalue weighted by molar-refractivity contribution is 0.303. The Balaban J connectivity index is 0.00000256. The molecule has 4 aromatic rings. The summed E-state index contributed by atoms with van der Waals surface area (Å²) in [5, 5.41) is 1.66.